The standard InChI is InChI=1S/C17H27F3/c1-2-13-3-5-14(6-4-13)7-8-15-9-11-16(12-10-15)17(18,19)20/h7-8,13-16H,2-6,9-12H2,1H3/b8-7+. The summed E-state index contributed by atoms with van der Waals surface area (Å²) < 4.78 is 37.8. The van der Waals surface area contributed by atoms with E-state index in [2.05, 4.69) is 19.1 Å². The fourth-order valence-electron chi connectivity index (χ4n) is 3.74. The monoisotopic (exact) mass is 288 g/mol. The highest BCUT2D eigenvalue weighted by Gasteiger charge is 2.40. The molecule has 2 aliphatic carbocycles. The lowest BCUT2D eigenvalue weighted by molar-refractivity contribution is -0.183. The largest absolute Gasteiger partial charge is 0.391 e. The van der Waals surface area contributed by atoms with E-state index in [1.807, 2.05) is 0 Å². The van der Waals surface area contributed by atoms with Crippen LogP contribution in [-0.4, -0.2) is 6.18 Å². The average molecular weight is 288 g/mol. The van der Waals surface area contributed by atoms with E-state index in [1.165, 1.54) is 32.1 Å². The van der Waals surface area contributed by atoms with Crippen molar-refractivity contribution in [1.82, 2.24) is 0 Å². The van der Waals surface area contributed by atoms with Crippen molar-refractivity contribution >= 4 is 0 Å². The van der Waals surface area contributed by atoms with Gasteiger partial charge in [0.25, 0.3) is 0 Å². The fraction of sp³-hybridized carbons (Fsp3) is 0.882. The molecular formula is C17H27F3. The Morgan fingerprint density at radius 3 is 1.65 bits per heavy atom. The summed E-state index contributed by atoms with van der Waals surface area (Å²) in [6.45, 7) is 2.26. The number of hydrogen-bond acceptors (Lipinski definition) is 0. The summed E-state index contributed by atoms with van der Waals surface area (Å²) in [7, 11) is 0. The summed E-state index contributed by atoms with van der Waals surface area (Å²) in [5, 5.41) is 0. The Balaban J connectivity index is 1.72. The Morgan fingerprint density at radius 1 is 0.800 bits per heavy atom. The molecule has 2 aliphatic rings. The highest BCUT2D eigenvalue weighted by Crippen LogP contribution is 2.40. The Labute approximate surface area is 120 Å². The smallest absolute Gasteiger partial charge is 0.171 e. The molecule has 0 atom stereocenters. The third-order valence-electron chi connectivity index (χ3n) is 5.36. The zero-order chi connectivity index (χ0) is 14.6. The molecule has 2 fully saturated rings. The molecule has 116 valence electrons. The quantitative estimate of drug-likeness (QED) is 0.548. The van der Waals surface area contributed by atoms with Crippen molar-refractivity contribution in [3.05, 3.63) is 12.2 Å². The van der Waals surface area contributed by atoms with Crippen molar-refractivity contribution < 1.29 is 13.2 Å². The van der Waals surface area contributed by atoms with E-state index in [1.54, 1.807) is 0 Å². The van der Waals surface area contributed by atoms with Crippen LogP contribution >= 0.6 is 0 Å². The molecule has 0 nitrogen and oxygen atoms in total. The summed E-state index contributed by atoms with van der Waals surface area (Å²) in [5.41, 5.74) is 0. The third-order valence-corrected chi connectivity index (χ3v) is 5.36. The van der Waals surface area contributed by atoms with E-state index in [9.17, 15) is 13.2 Å². The molecule has 0 aromatic rings. The summed E-state index contributed by atoms with van der Waals surface area (Å²) >= 11 is 0. The van der Waals surface area contributed by atoms with Gasteiger partial charge in [0.05, 0.1) is 5.92 Å². The fourth-order valence-corrected chi connectivity index (χ4v) is 3.74. The van der Waals surface area contributed by atoms with Crippen molar-refractivity contribution in [3.63, 3.8) is 0 Å². The second-order valence-electron chi connectivity index (χ2n) is 6.73. The van der Waals surface area contributed by atoms with E-state index < -0.39 is 12.1 Å². The Morgan fingerprint density at radius 2 is 1.25 bits per heavy atom. The SMILES string of the molecule is CCC1CCC(/C=C/C2CCC(C(F)(F)F)CC2)CC1. The molecule has 0 saturated heterocycles. The zero-order valence-electron chi connectivity index (χ0n) is 12.5. The summed E-state index contributed by atoms with van der Waals surface area (Å²) in [6, 6.07) is 0. The molecule has 0 radical (unpaired) electrons. The minimum absolute atomic E-state index is 0.321. The van der Waals surface area contributed by atoms with Gasteiger partial charge in [-0.1, -0.05) is 25.5 Å². The topological polar surface area (TPSA) is 0 Å². The van der Waals surface area contributed by atoms with E-state index in [0.717, 1.165) is 5.92 Å². The van der Waals surface area contributed by atoms with Gasteiger partial charge in [-0.05, 0) is 69.1 Å². The zero-order valence-corrected chi connectivity index (χ0v) is 12.5. The van der Waals surface area contributed by atoms with E-state index in [-0.39, 0.29) is 0 Å². The van der Waals surface area contributed by atoms with Crippen molar-refractivity contribution in [3.8, 4) is 0 Å². The highest BCUT2D eigenvalue weighted by molar-refractivity contribution is 4.96. The molecule has 0 amide bonds. The minimum Gasteiger partial charge on any atom is -0.171 e. The van der Waals surface area contributed by atoms with Gasteiger partial charge in [0, 0.05) is 0 Å². The molecule has 3 heteroatoms. The van der Waals surface area contributed by atoms with Gasteiger partial charge in [0.15, 0.2) is 0 Å². The highest BCUT2D eigenvalue weighted by atomic mass is 19.4. The van der Waals surface area contributed by atoms with Gasteiger partial charge in [-0.15, -0.1) is 0 Å². The first-order valence-corrected chi connectivity index (χ1v) is 8.24. The van der Waals surface area contributed by atoms with E-state index in [4.69, 9.17) is 0 Å². The van der Waals surface area contributed by atoms with Crippen LogP contribution in [0.3, 0.4) is 0 Å². The van der Waals surface area contributed by atoms with E-state index in [0.29, 0.717) is 37.5 Å². The van der Waals surface area contributed by atoms with Crippen LogP contribution in [0.4, 0.5) is 13.2 Å². The number of hydrogen-bond donors (Lipinski definition) is 0. The lowest BCUT2D eigenvalue weighted by atomic mass is 9.78. The molecule has 0 heterocycles. The normalized spacial score (nSPS) is 36.4. The summed E-state index contributed by atoms with van der Waals surface area (Å²) in [5.74, 6) is 0.921. The summed E-state index contributed by atoms with van der Waals surface area (Å²) in [6.07, 6.45) is 9.11. The second kappa shape index (κ2) is 7.00. The Kier molecular flexibility index (Phi) is 5.57. The van der Waals surface area contributed by atoms with E-state index >= 15 is 0 Å². The van der Waals surface area contributed by atoms with Gasteiger partial charge in [0.1, 0.15) is 0 Å². The third kappa shape index (κ3) is 4.53. The number of halogens is 3. The molecule has 0 aliphatic heterocycles. The maximum absolute atomic E-state index is 12.6. The van der Waals surface area contributed by atoms with Crippen molar-refractivity contribution in [2.75, 3.05) is 0 Å². The molecule has 2 saturated carbocycles. The van der Waals surface area contributed by atoms with Gasteiger partial charge < -0.3 is 0 Å². The van der Waals surface area contributed by atoms with Crippen molar-refractivity contribution in [1.29, 1.82) is 0 Å². The first-order chi connectivity index (χ1) is 9.49. The number of alkyl halides is 3. The first kappa shape index (κ1) is 15.9. The van der Waals surface area contributed by atoms with Crippen LogP contribution in [0.5, 0.6) is 0 Å². The van der Waals surface area contributed by atoms with Gasteiger partial charge in [-0.25, -0.2) is 0 Å². The molecule has 20 heavy (non-hydrogen) atoms. The lowest BCUT2D eigenvalue weighted by Gasteiger charge is -2.29. The van der Waals surface area contributed by atoms with Crippen LogP contribution in [-0.2, 0) is 0 Å². The predicted molar refractivity (Wildman–Crippen MR) is 76.4 cm³/mol. The van der Waals surface area contributed by atoms with Crippen LogP contribution in [0.25, 0.3) is 0 Å². The molecule has 0 unspecified atom stereocenters. The maximum atomic E-state index is 12.6. The Hall–Kier alpha value is -0.470. The molecule has 2 rings (SSSR count). The van der Waals surface area contributed by atoms with Crippen LogP contribution in [0.2, 0.25) is 0 Å². The maximum Gasteiger partial charge on any atom is 0.391 e. The molecule has 0 spiro atoms. The number of allylic oxidation sites excluding steroid dienone is 2. The van der Waals surface area contributed by atoms with Gasteiger partial charge >= 0.3 is 6.18 Å². The number of rotatable bonds is 3. The molecule has 0 aromatic carbocycles. The minimum atomic E-state index is -3.98. The van der Waals surface area contributed by atoms with Crippen molar-refractivity contribution in [2.45, 2.75) is 70.9 Å². The van der Waals surface area contributed by atoms with Crippen LogP contribution in [0, 0.1) is 23.7 Å². The van der Waals surface area contributed by atoms with Crippen LogP contribution in [0.1, 0.15) is 64.7 Å². The molecule has 0 bridgehead atoms. The van der Waals surface area contributed by atoms with Gasteiger partial charge in [-0.2, -0.15) is 13.2 Å². The molecule has 0 aromatic heterocycles. The summed E-state index contributed by atoms with van der Waals surface area (Å²) in [4.78, 5) is 0. The van der Waals surface area contributed by atoms with Gasteiger partial charge in [-0.3, -0.25) is 0 Å². The second-order valence-corrected chi connectivity index (χ2v) is 6.73. The van der Waals surface area contributed by atoms with Crippen LogP contribution in [0.15, 0.2) is 12.2 Å². The first-order valence-electron chi connectivity index (χ1n) is 8.24. The predicted octanol–water partition coefficient (Wildman–Crippen LogP) is 6.13. The van der Waals surface area contributed by atoms with Gasteiger partial charge in [0.2, 0.25) is 0 Å². The lowest BCUT2D eigenvalue weighted by Crippen LogP contribution is -2.27. The Bertz CT molecular complexity index is 303. The molecule has 0 N–H and O–H groups in total. The molecular weight excluding hydrogens is 261 g/mol. The van der Waals surface area contributed by atoms with Crippen LogP contribution < -0.4 is 0 Å². The van der Waals surface area contributed by atoms with Crippen molar-refractivity contribution in [2.24, 2.45) is 23.7 Å². The average Bonchev–Trinajstić information content (AvgIpc) is 2.45.